The van der Waals surface area contributed by atoms with Gasteiger partial charge in [0.2, 0.25) is 0 Å². The molecule has 0 radical (unpaired) electrons. The van der Waals surface area contributed by atoms with E-state index in [9.17, 15) is 0 Å². The Hall–Kier alpha value is -2.57. The largest absolute Gasteiger partial charge is 0.490 e. The van der Waals surface area contributed by atoms with E-state index in [1.54, 1.807) is 11.3 Å². The summed E-state index contributed by atoms with van der Waals surface area (Å²) in [5.41, 5.74) is 5.12. The Morgan fingerprint density at radius 2 is 2.06 bits per heavy atom. The van der Waals surface area contributed by atoms with Crippen LogP contribution in [0.2, 0.25) is 0 Å². The third kappa shape index (κ3) is 4.34. The van der Waals surface area contributed by atoms with Gasteiger partial charge in [-0.15, -0.1) is 11.3 Å². The van der Waals surface area contributed by atoms with E-state index in [4.69, 9.17) is 9.72 Å². The third-order valence-electron chi connectivity index (χ3n) is 6.53. The van der Waals surface area contributed by atoms with Crippen molar-refractivity contribution in [2.75, 3.05) is 13.1 Å². The lowest BCUT2D eigenvalue weighted by molar-refractivity contribution is 0.162. The number of thiophene rings is 1. The van der Waals surface area contributed by atoms with Gasteiger partial charge in [0.15, 0.2) is 5.82 Å². The van der Waals surface area contributed by atoms with E-state index in [1.165, 1.54) is 27.2 Å². The summed E-state index contributed by atoms with van der Waals surface area (Å²) in [4.78, 5) is 4.82. The molecule has 0 aliphatic carbocycles. The van der Waals surface area contributed by atoms with E-state index in [0.29, 0.717) is 6.10 Å². The molecule has 5 nitrogen and oxygen atoms in total. The van der Waals surface area contributed by atoms with E-state index in [-0.39, 0.29) is 0 Å². The minimum absolute atomic E-state index is 0.340. The average Bonchev–Trinajstić information content (AvgIpc) is 3.51. The van der Waals surface area contributed by atoms with Gasteiger partial charge in [0.1, 0.15) is 11.9 Å². The molecule has 0 saturated carbocycles. The molecule has 3 aromatic heterocycles. The Bertz CT molecular complexity index is 1180. The van der Waals surface area contributed by atoms with Gasteiger partial charge in [-0.1, -0.05) is 19.1 Å². The SMILES string of the molecule is CCc1cnc(-c2cc3sccc3n2C)n1CCCc1cccc(OC2CCNCC2)c1. The number of rotatable bonds is 8. The van der Waals surface area contributed by atoms with Crippen LogP contribution in [0.25, 0.3) is 21.7 Å². The Morgan fingerprint density at radius 1 is 1.19 bits per heavy atom. The summed E-state index contributed by atoms with van der Waals surface area (Å²) < 4.78 is 12.2. The van der Waals surface area contributed by atoms with Gasteiger partial charge >= 0.3 is 0 Å². The highest BCUT2D eigenvalue weighted by atomic mass is 32.1. The van der Waals surface area contributed by atoms with Gasteiger partial charge in [-0.2, -0.15) is 0 Å². The minimum Gasteiger partial charge on any atom is -0.490 e. The number of nitrogens with zero attached hydrogens (tertiary/aromatic N) is 3. The second kappa shape index (κ2) is 9.51. The van der Waals surface area contributed by atoms with E-state index >= 15 is 0 Å². The Kier molecular flexibility index (Phi) is 6.32. The lowest BCUT2D eigenvalue weighted by atomic mass is 10.1. The molecule has 4 heterocycles. The van der Waals surface area contributed by atoms with Crippen molar-refractivity contribution >= 4 is 21.6 Å². The Labute approximate surface area is 194 Å². The molecule has 4 aromatic rings. The normalized spacial score (nSPS) is 14.9. The number of fused-ring (bicyclic) bond motifs is 1. The second-order valence-corrected chi connectivity index (χ2v) is 9.60. The zero-order chi connectivity index (χ0) is 21.9. The van der Waals surface area contributed by atoms with Crippen molar-refractivity contribution in [3.05, 3.63) is 59.2 Å². The fourth-order valence-electron chi connectivity index (χ4n) is 4.73. The van der Waals surface area contributed by atoms with Crippen molar-refractivity contribution < 1.29 is 4.74 Å². The van der Waals surface area contributed by atoms with E-state index in [1.807, 2.05) is 6.20 Å². The molecule has 32 heavy (non-hydrogen) atoms. The number of ether oxygens (including phenoxy) is 1. The number of imidazole rings is 1. The fraction of sp³-hybridized carbons (Fsp3) is 0.423. The number of aryl methyl sites for hydroxylation is 3. The summed E-state index contributed by atoms with van der Waals surface area (Å²) in [5.74, 6) is 2.09. The van der Waals surface area contributed by atoms with Crippen molar-refractivity contribution in [3.63, 3.8) is 0 Å². The number of benzene rings is 1. The first-order valence-corrected chi connectivity index (χ1v) is 12.6. The predicted octanol–water partition coefficient (Wildman–Crippen LogP) is 5.43. The molecule has 0 unspecified atom stereocenters. The molecule has 6 heteroatoms. The van der Waals surface area contributed by atoms with Crippen molar-refractivity contribution in [2.24, 2.45) is 7.05 Å². The van der Waals surface area contributed by atoms with Crippen LogP contribution in [0.4, 0.5) is 0 Å². The highest BCUT2D eigenvalue weighted by Gasteiger charge is 2.17. The summed E-state index contributed by atoms with van der Waals surface area (Å²) in [7, 11) is 2.14. The lowest BCUT2D eigenvalue weighted by Gasteiger charge is -2.24. The van der Waals surface area contributed by atoms with Gasteiger partial charge in [-0.3, -0.25) is 0 Å². The van der Waals surface area contributed by atoms with E-state index in [2.05, 4.69) is 70.2 Å². The summed E-state index contributed by atoms with van der Waals surface area (Å²) in [6.07, 6.45) is 7.66. The summed E-state index contributed by atoms with van der Waals surface area (Å²) in [6, 6.07) is 13.1. The number of nitrogens with one attached hydrogen (secondary N) is 1. The van der Waals surface area contributed by atoms with Crippen LogP contribution in [-0.4, -0.2) is 33.3 Å². The monoisotopic (exact) mass is 448 g/mol. The first-order chi connectivity index (χ1) is 15.7. The summed E-state index contributed by atoms with van der Waals surface area (Å²) >= 11 is 1.79. The zero-order valence-electron chi connectivity index (χ0n) is 19.0. The highest BCUT2D eigenvalue weighted by Crippen LogP contribution is 2.31. The molecule has 5 rings (SSSR count). The average molecular weight is 449 g/mol. The van der Waals surface area contributed by atoms with Crippen molar-refractivity contribution in [3.8, 4) is 17.3 Å². The first-order valence-electron chi connectivity index (χ1n) is 11.8. The van der Waals surface area contributed by atoms with Gasteiger partial charge in [-0.25, -0.2) is 4.98 Å². The molecule has 1 saturated heterocycles. The van der Waals surface area contributed by atoms with Crippen LogP contribution in [0.5, 0.6) is 5.75 Å². The van der Waals surface area contributed by atoms with Crippen LogP contribution >= 0.6 is 11.3 Å². The fourth-order valence-corrected chi connectivity index (χ4v) is 5.58. The van der Waals surface area contributed by atoms with Crippen molar-refractivity contribution in [1.82, 2.24) is 19.4 Å². The number of hydrogen-bond donors (Lipinski definition) is 1. The second-order valence-electron chi connectivity index (χ2n) is 8.66. The van der Waals surface area contributed by atoms with Crippen molar-refractivity contribution in [1.29, 1.82) is 0 Å². The molecule has 1 aliphatic rings. The third-order valence-corrected chi connectivity index (χ3v) is 7.38. The van der Waals surface area contributed by atoms with Gasteiger partial charge in [-0.05, 0) is 80.4 Å². The molecule has 0 amide bonds. The molecule has 0 atom stereocenters. The van der Waals surface area contributed by atoms with Crippen LogP contribution in [0, 0.1) is 0 Å². The highest BCUT2D eigenvalue weighted by molar-refractivity contribution is 7.17. The minimum atomic E-state index is 0.340. The smallest absolute Gasteiger partial charge is 0.156 e. The molecule has 1 aliphatic heterocycles. The van der Waals surface area contributed by atoms with Crippen molar-refractivity contribution in [2.45, 2.75) is 51.7 Å². The maximum Gasteiger partial charge on any atom is 0.156 e. The van der Waals surface area contributed by atoms with Crippen LogP contribution in [0.15, 0.2) is 48.0 Å². The molecular formula is C26H32N4OS. The Balaban J connectivity index is 1.28. The summed E-state index contributed by atoms with van der Waals surface area (Å²) in [5, 5.41) is 5.55. The standard InChI is InChI=1S/C26H32N4OS/c1-3-20-18-28-26(24-17-25-23(29(24)2)11-15-32-25)30(20)14-5-7-19-6-4-8-22(16-19)31-21-9-12-27-13-10-21/h4,6,8,11,15-18,21,27H,3,5,7,9-10,12-14H2,1-2H3. The molecule has 1 aromatic carbocycles. The van der Waals surface area contributed by atoms with Crippen LogP contribution in [0.3, 0.4) is 0 Å². The number of aromatic nitrogens is 3. The molecule has 1 N–H and O–H groups in total. The van der Waals surface area contributed by atoms with Gasteiger partial charge in [0.25, 0.3) is 0 Å². The zero-order valence-corrected chi connectivity index (χ0v) is 19.8. The van der Waals surface area contributed by atoms with Gasteiger partial charge in [0.05, 0.1) is 15.9 Å². The van der Waals surface area contributed by atoms with Crippen LogP contribution < -0.4 is 10.1 Å². The molecule has 1 fully saturated rings. The van der Waals surface area contributed by atoms with Crippen LogP contribution in [0.1, 0.15) is 37.4 Å². The number of hydrogen-bond acceptors (Lipinski definition) is 4. The quantitative estimate of drug-likeness (QED) is 0.391. The number of piperidine rings is 1. The predicted molar refractivity (Wildman–Crippen MR) is 133 cm³/mol. The molecule has 0 bridgehead atoms. The summed E-state index contributed by atoms with van der Waals surface area (Å²) in [6.45, 7) is 5.28. The molecule has 0 spiro atoms. The molecular weight excluding hydrogens is 416 g/mol. The topological polar surface area (TPSA) is 44.0 Å². The first kappa shape index (κ1) is 21.3. The maximum atomic E-state index is 6.24. The van der Waals surface area contributed by atoms with Gasteiger partial charge in [0, 0.05) is 25.5 Å². The molecule has 168 valence electrons. The Morgan fingerprint density at radius 3 is 2.88 bits per heavy atom. The van der Waals surface area contributed by atoms with Crippen LogP contribution in [-0.2, 0) is 26.4 Å². The maximum absolute atomic E-state index is 6.24. The van der Waals surface area contributed by atoms with E-state index in [0.717, 1.165) is 63.3 Å². The van der Waals surface area contributed by atoms with Gasteiger partial charge < -0.3 is 19.2 Å². The lowest BCUT2D eigenvalue weighted by Crippen LogP contribution is -2.34. The van der Waals surface area contributed by atoms with E-state index < -0.39 is 0 Å².